The standard InChI is InChI=1S/C15H23ClN2/c1-11-6-7-13(16)9-15(11)18-10-12-4-3-5-14(8-12)17-2/h6-7,9,12,14,17-18H,3-5,8,10H2,1-2H3. The van der Waals surface area contributed by atoms with Gasteiger partial charge < -0.3 is 10.6 Å². The fraction of sp³-hybridized carbons (Fsp3) is 0.600. The Kier molecular flexibility index (Phi) is 4.90. The second-order valence-corrected chi connectivity index (χ2v) is 5.79. The Morgan fingerprint density at radius 3 is 2.94 bits per heavy atom. The van der Waals surface area contributed by atoms with Gasteiger partial charge in [0.1, 0.15) is 0 Å². The molecule has 2 unspecified atom stereocenters. The first-order valence-corrected chi connectivity index (χ1v) is 7.24. The van der Waals surface area contributed by atoms with Crippen LogP contribution in [0.1, 0.15) is 31.2 Å². The molecule has 1 aliphatic carbocycles. The molecule has 0 saturated heterocycles. The molecule has 18 heavy (non-hydrogen) atoms. The molecule has 1 saturated carbocycles. The molecule has 1 aromatic carbocycles. The topological polar surface area (TPSA) is 24.1 Å². The van der Waals surface area contributed by atoms with Gasteiger partial charge in [0.15, 0.2) is 0 Å². The molecule has 0 spiro atoms. The lowest BCUT2D eigenvalue weighted by atomic mass is 9.85. The number of aryl methyl sites for hydroxylation is 1. The SMILES string of the molecule is CNC1CCCC(CNc2cc(Cl)ccc2C)C1. The monoisotopic (exact) mass is 266 g/mol. The van der Waals surface area contributed by atoms with Gasteiger partial charge in [0.05, 0.1) is 0 Å². The van der Waals surface area contributed by atoms with E-state index in [1.54, 1.807) is 0 Å². The van der Waals surface area contributed by atoms with E-state index < -0.39 is 0 Å². The number of halogens is 1. The van der Waals surface area contributed by atoms with Crippen LogP contribution in [0.25, 0.3) is 0 Å². The number of benzene rings is 1. The van der Waals surface area contributed by atoms with Gasteiger partial charge in [-0.3, -0.25) is 0 Å². The van der Waals surface area contributed by atoms with Crippen LogP contribution in [-0.2, 0) is 0 Å². The van der Waals surface area contributed by atoms with Crippen molar-refractivity contribution in [1.29, 1.82) is 0 Å². The fourth-order valence-electron chi connectivity index (χ4n) is 2.78. The van der Waals surface area contributed by atoms with Gasteiger partial charge in [-0.25, -0.2) is 0 Å². The number of hydrogen-bond acceptors (Lipinski definition) is 2. The Morgan fingerprint density at radius 1 is 1.33 bits per heavy atom. The third-order valence-electron chi connectivity index (χ3n) is 3.97. The van der Waals surface area contributed by atoms with Crippen molar-refractivity contribution in [2.45, 2.75) is 38.6 Å². The maximum Gasteiger partial charge on any atom is 0.0426 e. The average molecular weight is 267 g/mol. The lowest BCUT2D eigenvalue weighted by molar-refractivity contribution is 0.306. The van der Waals surface area contributed by atoms with E-state index in [0.717, 1.165) is 17.5 Å². The van der Waals surface area contributed by atoms with Crippen LogP contribution in [0, 0.1) is 12.8 Å². The van der Waals surface area contributed by atoms with Crippen LogP contribution in [0.3, 0.4) is 0 Å². The summed E-state index contributed by atoms with van der Waals surface area (Å²) in [7, 11) is 2.07. The fourth-order valence-corrected chi connectivity index (χ4v) is 2.95. The van der Waals surface area contributed by atoms with Crippen LogP contribution >= 0.6 is 11.6 Å². The Balaban J connectivity index is 1.89. The highest BCUT2D eigenvalue weighted by Gasteiger charge is 2.20. The van der Waals surface area contributed by atoms with E-state index >= 15 is 0 Å². The Labute approximate surface area is 115 Å². The average Bonchev–Trinajstić information content (AvgIpc) is 2.40. The van der Waals surface area contributed by atoms with Crippen LogP contribution in [-0.4, -0.2) is 19.6 Å². The van der Waals surface area contributed by atoms with E-state index in [9.17, 15) is 0 Å². The molecule has 2 nitrogen and oxygen atoms in total. The quantitative estimate of drug-likeness (QED) is 0.865. The smallest absolute Gasteiger partial charge is 0.0426 e. The predicted octanol–water partition coefficient (Wildman–Crippen LogP) is 3.84. The zero-order valence-corrected chi connectivity index (χ0v) is 12.1. The minimum atomic E-state index is 0.700. The van der Waals surface area contributed by atoms with Crippen molar-refractivity contribution in [1.82, 2.24) is 5.32 Å². The molecule has 3 heteroatoms. The number of hydrogen-bond donors (Lipinski definition) is 2. The van der Waals surface area contributed by atoms with Crippen molar-refractivity contribution >= 4 is 17.3 Å². The van der Waals surface area contributed by atoms with Crippen LogP contribution in [0.4, 0.5) is 5.69 Å². The number of rotatable bonds is 4. The molecule has 0 aliphatic heterocycles. The summed E-state index contributed by atoms with van der Waals surface area (Å²) in [6, 6.07) is 6.74. The van der Waals surface area contributed by atoms with Gasteiger partial charge in [0, 0.05) is 23.3 Å². The maximum absolute atomic E-state index is 6.03. The van der Waals surface area contributed by atoms with Crippen LogP contribution in [0.15, 0.2) is 18.2 Å². The molecule has 1 aliphatic rings. The van der Waals surface area contributed by atoms with E-state index in [2.05, 4.69) is 30.7 Å². The van der Waals surface area contributed by atoms with Crippen molar-refractivity contribution in [2.24, 2.45) is 5.92 Å². The molecule has 2 N–H and O–H groups in total. The molecule has 1 fully saturated rings. The zero-order valence-electron chi connectivity index (χ0n) is 11.3. The summed E-state index contributed by atoms with van der Waals surface area (Å²) >= 11 is 6.03. The van der Waals surface area contributed by atoms with Crippen molar-refractivity contribution in [3.05, 3.63) is 28.8 Å². The van der Waals surface area contributed by atoms with Gasteiger partial charge in [0.2, 0.25) is 0 Å². The highest BCUT2D eigenvalue weighted by molar-refractivity contribution is 6.30. The van der Waals surface area contributed by atoms with Gasteiger partial charge in [0.25, 0.3) is 0 Å². The van der Waals surface area contributed by atoms with E-state index in [4.69, 9.17) is 11.6 Å². The van der Waals surface area contributed by atoms with Crippen LogP contribution in [0.2, 0.25) is 5.02 Å². The first kappa shape index (κ1) is 13.7. The summed E-state index contributed by atoms with van der Waals surface area (Å²) in [5.74, 6) is 0.773. The minimum absolute atomic E-state index is 0.700. The van der Waals surface area contributed by atoms with E-state index in [1.165, 1.54) is 36.9 Å². The van der Waals surface area contributed by atoms with E-state index in [-0.39, 0.29) is 0 Å². The molecule has 2 atom stereocenters. The Bertz CT molecular complexity index is 392. The normalized spacial score (nSPS) is 23.9. The first-order chi connectivity index (χ1) is 8.69. The molecular weight excluding hydrogens is 244 g/mol. The van der Waals surface area contributed by atoms with Gasteiger partial charge in [-0.1, -0.05) is 24.1 Å². The molecule has 0 bridgehead atoms. The van der Waals surface area contributed by atoms with Crippen LogP contribution in [0.5, 0.6) is 0 Å². The molecular formula is C15H23ClN2. The third-order valence-corrected chi connectivity index (χ3v) is 4.21. The molecule has 0 aromatic heterocycles. The number of nitrogens with one attached hydrogen (secondary N) is 2. The highest BCUT2D eigenvalue weighted by atomic mass is 35.5. The second-order valence-electron chi connectivity index (χ2n) is 5.36. The summed E-state index contributed by atoms with van der Waals surface area (Å²) in [5, 5.41) is 7.76. The zero-order chi connectivity index (χ0) is 13.0. The summed E-state index contributed by atoms with van der Waals surface area (Å²) < 4.78 is 0. The molecule has 0 amide bonds. The predicted molar refractivity (Wildman–Crippen MR) is 79.5 cm³/mol. The minimum Gasteiger partial charge on any atom is -0.385 e. The summed E-state index contributed by atoms with van der Waals surface area (Å²) in [6.45, 7) is 3.18. The Hall–Kier alpha value is -0.730. The van der Waals surface area contributed by atoms with Crippen LogP contribution < -0.4 is 10.6 Å². The lowest BCUT2D eigenvalue weighted by Gasteiger charge is -2.29. The number of anilines is 1. The molecule has 2 rings (SSSR count). The van der Waals surface area contributed by atoms with Crippen molar-refractivity contribution in [3.63, 3.8) is 0 Å². The second kappa shape index (κ2) is 6.44. The highest BCUT2D eigenvalue weighted by Crippen LogP contribution is 2.26. The first-order valence-electron chi connectivity index (χ1n) is 6.86. The maximum atomic E-state index is 6.03. The Morgan fingerprint density at radius 2 is 2.17 bits per heavy atom. The van der Waals surface area contributed by atoms with Crippen molar-refractivity contribution < 1.29 is 0 Å². The molecule has 0 heterocycles. The lowest BCUT2D eigenvalue weighted by Crippen LogP contribution is -2.33. The summed E-state index contributed by atoms with van der Waals surface area (Å²) in [6.07, 6.45) is 5.28. The molecule has 100 valence electrons. The molecule has 0 radical (unpaired) electrons. The van der Waals surface area contributed by atoms with Gasteiger partial charge in [-0.05, 0) is 56.8 Å². The van der Waals surface area contributed by atoms with Crippen molar-refractivity contribution in [2.75, 3.05) is 18.9 Å². The van der Waals surface area contributed by atoms with E-state index in [0.29, 0.717) is 6.04 Å². The van der Waals surface area contributed by atoms with E-state index in [1.807, 2.05) is 12.1 Å². The largest absolute Gasteiger partial charge is 0.385 e. The van der Waals surface area contributed by atoms with Gasteiger partial charge >= 0.3 is 0 Å². The summed E-state index contributed by atoms with van der Waals surface area (Å²) in [5.41, 5.74) is 2.44. The van der Waals surface area contributed by atoms with Gasteiger partial charge in [-0.15, -0.1) is 0 Å². The van der Waals surface area contributed by atoms with Crippen molar-refractivity contribution in [3.8, 4) is 0 Å². The summed E-state index contributed by atoms with van der Waals surface area (Å²) in [4.78, 5) is 0. The van der Waals surface area contributed by atoms with Gasteiger partial charge in [-0.2, -0.15) is 0 Å². The molecule has 1 aromatic rings. The third kappa shape index (κ3) is 3.63.